The number of piperidine rings is 1. The lowest BCUT2D eigenvalue weighted by Gasteiger charge is -2.44. The third-order valence-electron chi connectivity index (χ3n) is 4.74. The fourth-order valence-corrected chi connectivity index (χ4v) is 3.35. The van der Waals surface area contributed by atoms with E-state index < -0.39 is 5.60 Å². The summed E-state index contributed by atoms with van der Waals surface area (Å²) in [4.78, 5) is 14.5. The van der Waals surface area contributed by atoms with Gasteiger partial charge in [-0.3, -0.25) is 9.48 Å². The van der Waals surface area contributed by atoms with Gasteiger partial charge in [0.2, 0.25) is 0 Å². The van der Waals surface area contributed by atoms with Crippen LogP contribution in [0.4, 0.5) is 0 Å². The van der Waals surface area contributed by atoms with Crippen molar-refractivity contribution in [3.63, 3.8) is 0 Å². The molecule has 1 aromatic rings. The number of methoxy groups -OCH3 is 1. The van der Waals surface area contributed by atoms with Crippen molar-refractivity contribution >= 4 is 5.91 Å². The van der Waals surface area contributed by atoms with Crippen molar-refractivity contribution in [3.8, 4) is 0 Å². The summed E-state index contributed by atoms with van der Waals surface area (Å²) in [5.74, 6) is 0.135. The minimum Gasteiger partial charge on any atom is -0.366 e. The van der Waals surface area contributed by atoms with E-state index in [2.05, 4.69) is 28.1 Å². The number of carbonyl (C=O) groups is 1. The summed E-state index contributed by atoms with van der Waals surface area (Å²) in [7, 11) is 1.63. The fourth-order valence-electron chi connectivity index (χ4n) is 3.35. The first-order valence-electron chi connectivity index (χ1n) is 7.64. The normalized spacial score (nSPS) is 22.1. The van der Waals surface area contributed by atoms with Crippen LogP contribution in [0.5, 0.6) is 0 Å². The molecule has 0 saturated carbocycles. The first kappa shape index (κ1) is 14.5. The zero-order valence-corrected chi connectivity index (χ0v) is 13.1. The van der Waals surface area contributed by atoms with Gasteiger partial charge in [0.1, 0.15) is 0 Å². The molecule has 0 unspecified atom stereocenters. The van der Waals surface area contributed by atoms with Gasteiger partial charge < -0.3 is 15.0 Å². The van der Waals surface area contributed by atoms with E-state index in [4.69, 9.17) is 4.74 Å². The molecular weight excluding hydrogens is 268 g/mol. The van der Waals surface area contributed by atoms with E-state index in [-0.39, 0.29) is 5.91 Å². The number of nitrogens with one attached hydrogen (secondary N) is 1. The van der Waals surface area contributed by atoms with Gasteiger partial charge in [-0.15, -0.1) is 0 Å². The van der Waals surface area contributed by atoms with Crippen molar-refractivity contribution < 1.29 is 9.53 Å². The highest BCUT2D eigenvalue weighted by molar-refractivity contribution is 5.87. The van der Waals surface area contributed by atoms with E-state index >= 15 is 0 Å². The van der Waals surface area contributed by atoms with E-state index in [0.29, 0.717) is 19.1 Å². The molecule has 0 atom stereocenters. The Morgan fingerprint density at radius 1 is 1.38 bits per heavy atom. The number of hydrogen-bond donors (Lipinski definition) is 1. The van der Waals surface area contributed by atoms with E-state index in [1.54, 1.807) is 7.11 Å². The Morgan fingerprint density at radius 3 is 2.48 bits per heavy atom. The van der Waals surface area contributed by atoms with E-state index in [0.717, 1.165) is 31.6 Å². The summed E-state index contributed by atoms with van der Waals surface area (Å²) in [5, 5.41) is 7.71. The predicted octanol–water partition coefficient (Wildman–Crippen LogP) is 0.652. The molecule has 116 valence electrons. The number of rotatable bonds is 3. The zero-order chi connectivity index (χ0) is 15.0. The molecule has 3 rings (SSSR count). The predicted molar refractivity (Wildman–Crippen MR) is 79.2 cm³/mol. The third kappa shape index (κ3) is 2.46. The molecule has 1 N–H and O–H groups in total. The van der Waals surface area contributed by atoms with E-state index in [9.17, 15) is 4.79 Å². The molecule has 2 fully saturated rings. The van der Waals surface area contributed by atoms with Crippen LogP contribution in [0.2, 0.25) is 0 Å². The Morgan fingerprint density at radius 2 is 2.05 bits per heavy atom. The second-order valence-electron chi connectivity index (χ2n) is 6.20. The molecule has 0 spiro atoms. The lowest BCUT2D eigenvalue weighted by atomic mass is 9.93. The van der Waals surface area contributed by atoms with Gasteiger partial charge in [0.05, 0.1) is 11.7 Å². The monoisotopic (exact) mass is 292 g/mol. The van der Waals surface area contributed by atoms with Crippen LogP contribution < -0.4 is 5.32 Å². The van der Waals surface area contributed by atoms with Crippen molar-refractivity contribution in [1.29, 1.82) is 0 Å². The van der Waals surface area contributed by atoms with Gasteiger partial charge in [0, 0.05) is 39.0 Å². The maximum atomic E-state index is 12.6. The van der Waals surface area contributed by atoms with E-state index in [1.807, 2.05) is 11.8 Å². The van der Waals surface area contributed by atoms with Gasteiger partial charge in [-0.1, -0.05) is 0 Å². The number of aromatic nitrogens is 2. The highest BCUT2D eigenvalue weighted by atomic mass is 16.5. The second-order valence-corrected chi connectivity index (χ2v) is 6.20. The molecule has 0 bridgehead atoms. The van der Waals surface area contributed by atoms with Gasteiger partial charge >= 0.3 is 0 Å². The van der Waals surface area contributed by atoms with Crippen LogP contribution in [0.3, 0.4) is 0 Å². The Balaban J connectivity index is 1.63. The number of aryl methyl sites for hydroxylation is 2. The Labute approximate surface area is 125 Å². The van der Waals surface area contributed by atoms with Crippen LogP contribution in [0, 0.1) is 13.8 Å². The molecule has 2 aliphatic rings. The van der Waals surface area contributed by atoms with Crippen LogP contribution in [0.15, 0.2) is 6.07 Å². The SMILES string of the molecule is COC1(C(=O)N2CCC(n3nc(C)cc3C)CC2)CNC1. The highest BCUT2D eigenvalue weighted by Gasteiger charge is 2.47. The smallest absolute Gasteiger partial charge is 0.257 e. The molecule has 21 heavy (non-hydrogen) atoms. The minimum atomic E-state index is -0.620. The van der Waals surface area contributed by atoms with Crippen molar-refractivity contribution in [2.24, 2.45) is 0 Å². The average molecular weight is 292 g/mol. The van der Waals surface area contributed by atoms with Crippen LogP contribution in [0.1, 0.15) is 30.3 Å². The summed E-state index contributed by atoms with van der Waals surface area (Å²) in [6, 6.07) is 2.51. The molecule has 2 saturated heterocycles. The Bertz CT molecular complexity index is 522. The third-order valence-corrected chi connectivity index (χ3v) is 4.74. The number of carbonyl (C=O) groups excluding carboxylic acids is 1. The molecular formula is C15H24N4O2. The molecule has 3 heterocycles. The molecule has 2 aliphatic heterocycles. The van der Waals surface area contributed by atoms with E-state index in [1.165, 1.54) is 5.69 Å². The van der Waals surface area contributed by atoms with Crippen molar-refractivity contribution in [2.45, 2.75) is 38.3 Å². The minimum absolute atomic E-state index is 0.135. The molecule has 6 nitrogen and oxygen atoms in total. The number of hydrogen-bond acceptors (Lipinski definition) is 4. The van der Waals surface area contributed by atoms with Crippen LogP contribution in [-0.2, 0) is 9.53 Å². The maximum absolute atomic E-state index is 12.6. The topological polar surface area (TPSA) is 59.4 Å². The summed E-state index contributed by atoms with van der Waals surface area (Å²) in [6.45, 7) is 6.94. The second kappa shape index (κ2) is 5.42. The molecule has 1 aromatic heterocycles. The number of nitrogens with zero attached hydrogens (tertiary/aromatic N) is 3. The lowest BCUT2D eigenvalue weighted by molar-refractivity contribution is -0.162. The van der Waals surface area contributed by atoms with Crippen molar-refractivity contribution in [1.82, 2.24) is 20.0 Å². The van der Waals surface area contributed by atoms with Crippen LogP contribution in [0.25, 0.3) is 0 Å². The van der Waals surface area contributed by atoms with Crippen molar-refractivity contribution in [2.75, 3.05) is 33.3 Å². The van der Waals surface area contributed by atoms with Gasteiger partial charge in [0.15, 0.2) is 5.60 Å². The standard InChI is InChI=1S/C15H24N4O2/c1-11-8-12(2)19(17-11)13-4-6-18(7-5-13)14(20)15(21-3)9-16-10-15/h8,13,16H,4-7,9-10H2,1-3H3. The largest absolute Gasteiger partial charge is 0.366 e. The number of likely N-dealkylation sites (tertiary alicyclic amines) is 1. The number of amides is 1. The average Bonchev–Trinajstić information content (AvgIpc) is 2.77. The summed E-state index contributed by atoms with van der Waals surface area (Å²) < 4.78 is 7.57. The lowest BCUT2D eigenvalue weighted by Crippen LogP contribution is -2.69. The Hall–Kier alpha value is -1.40. The molecule has 0 aromatic carbocycles. The summed E-state index contributed by atoms with van der Waals surface area (Å²) in [6.07, 6.45) is 1.92. The quantitative estimate of drug-likeness (QED) is 0.889. The first-order valence-corrected chi connectivity index (χ1v) is 7.64. The highest BCUT2D eigenvalue weighted by Crippen LogP contribution is 2.27. The Kier molecular flexibility index (Phi) is 3.75. The zero-order valence-electron chi connectivity index (χ0n) is 13.1. The van der Waals surface area contributed by atoms with Crippen LogP contribution in [-0.4, -0.2) is 59.5 Å². The van der Waals surface area contributed by atoms with Gasteiger partial charge in [-0.25, -0.2) is 0 Å². The van der Waals surface area contributed by atoms with Crippen LogP contribution >= 0.6 is 0 Å². The molecule has 0 radical (unpaired) electrons. The summed E-state index contributed by atoms with van der Waals surface area (Å²) in [5.41, 5.74) is 1.64. The molecule has 1 amide bonds. The molecule has 0 aliphatic carbocycles. The first-order chi connectivity index (χ1) is 10.1. The summed E-state index contributed by atoms with van der Waals surface area (Å²) >= 11 is 0. The van der Waals surface area contributed by atoms with Gasteiger partial charge in [-0.2, -0.15) is 5.10 Å². The number of ether oxygens (including phenoxy) is 1. The van der Waals surface area contributed by atoms with Gasteiger partial charge in [-0.05, 0) is 32.8 Å². The molecule has 6 heteroatoms. The van der Waals surface area contributed by atoms with Gasteiger partial charge in [0.25, 0.3) is 5.91 Å². The fraction of sp³-hybridized carbons (Fsp3) is 0.733. The van der Waals surface area contributed by atoms with Crippen molar-refractivity contribution in [3.05, 3.63) is 17.5 Å². The maximum Gasteiger partial charge on any atom is 0.257 e.